The van der Waals surface area contributed by atoms with Gasteiger partial charge in [-0.2, -0.15) is 0 Å². The fraction of sp³-hybridized carbons (Fsp3) is 0.357. The molecule has 4 atom stereocenters. The fourth-order valence-corrected chi connectivity index (χ4v) is 9.46. The summed E-state index contributed by atoms with van der Waals surface area (Å²) in [7, 11) is 2.90. The van der Waals surface area contributed by atoms with Crippen LogP contribution in [0.2, 0.25) is 0 Å². The van der Waals surface area contributed by atoms with E-state index >= 15 is 0 Å². The van der Waals surface area contributed by atoms with E-state index in [9.17, 15) is 29.4 Å². The number of unbranched alkanes of at least 4 members (excludes halogenated alkanes) is 2. The third kappa shape index (κ3) is 11.2. The topological polar surface area (TPSA) is 222 Å². The van der Waals surface area contributed by atoms with Crippen molar-refractivity contribution in [3.05, 3.63) is 141 Å². The van der Waals surface area contributed by atoms with E-state index in [0.717, 1.165) is 32.1 Å². The number of methoxy groups -OCH3 is 2. The quantitative estimate of drug-likeness (QED) is 0.0468. The lowest BCUT2D eigenvalue weighted by molar-refractivity contribution is 0.0544. The third-order valence-corrected chi connectivity index (χ3v) is 13.5. The van der Waals surface area contributed by atoms with Crippen LogP contribution in [0, 0.1) is 16.7 Å². The zero-order valence-corrected chi connectivity index (χ0v) is 41.9. The molecule has 3 amide bonds. The second-order valence-corrected chi connectivity index (χ2v) is 18.7. The molecule has 73 heavy (non-hydrogen) atoms. The molecular formula is C56H61N5O12. The molecule has 382 valence electrons. The van der Waals surface area contributed by atoms with Gasteiger partial charge in [0.2, 0.25) is 0 Å². The Balaban J connectivity index is 0.956. The van der Waals surface area contributed by atoms with E-state index in [1.807, 2.05) is 19.9 Å². The second-order valence-electron chi connectivity index (χ2n) is 18.7. The van der Waals surface area contributed by atoms with Gasteiger partial charge in [-0.05, 0) is 107 Å². The van der Waals surface area contributed by atoms with Gasteiger partial charge in [-0.15, -0.1) is 0 Å². The largest absolute Gasteiger partial charge is 0.493 e. The van der Waals surface area contributed by atoms with Gasteiger partial charge >= 0.3 is 12.2 Å². The van der Waals surface area contributed by atoms with E-state index in [1.165, 1.54) is 49.5 Å². The minimum Gasteiger partial charge on any atom is -0.493 e. The van der Waals surface area contributed by atoms with E-state index in [0.29, 0.717) is 66.6 Å². The Hall–Kier alpha value is -7.76. The Bertz CT molecular complexity index is 2910. The average Bonchev–Trinajstić information content (AvgIpc) is 3.75. The van der Waals surface area contributed by atoms with Crippen LogP contribution < -0.4 is 28.7 Å². The molecule has 0 saturated carbocycles. The van der Waals surface area contributed by atoms with Gasteiger partial charge in [0, 0.05) is 41.2 Å². The van der Waals surface area contributed by atoms with Crippen LogP contribution in [0.25, 0.3) is 0 Å². The molecule has 4 N–H and O–H groups in total. The average molecular weight is 996 g/mol. The van der Waals surface area contributed by atoms with Gasteiger partial charge < -0.3 is 54.4 Å². The first kappa shape index (κ1) is 51.6. The first-order valence-electron chi connectivity index (χ1n) is 24.2. The first-order valence-corrected chi connectivity index (χ1v) is 24.2. The molecular weight excluding hydrogens is 935 g/mol. The summed E-state index contributed by atoms with van der Waals surface area (Å²) in [6, 6.07) is 19.4. The van der Waals surface area contributed by atoms with Crippen molar-refractivity contribution in [2.45, 2.75) is 97.9 Å². The lowest BCUT2D eigenvalue weighted by atomic mass is 9.81. The van der Waals surface area contributed by atoms with Crippen molar-refractivity contribution in [1.82, 2.24) is 4.90 Å². The number of rotatable bonds is 16. The van der Waals surface area contributed by atoms with Crippen molar-refractivity contribution in [1.29, 1.82) is 10.8 Å². The van der Waals surface area contributed by atoms with Crippen LogP contribution in [-0.2, 0) is 22.7 Å². The van der Waals surface area contributed by atoms with Crippen LogP contribution in [0.15, 0.2) is 108 Å². The number of amides is 3. The van der Waals surface area contributed by atoms with Crippen LogP contribution in [-0.4, -0.2) is 96.3 Å². The highest BCUT2D eigenvalue weighted by atomic mass is 16.6. The van der Waals surface area contributed by atoms with Crippen molar-refractivity contribution < 1.29 is 57.8 Å². The number of hydrogen-bond donors (Lipinski definition) is 4. The number of aliphatic hydroxyl groups excluding tert-OH is 2. The Morgan fingerprint density at radius 3 is 1.68 bits per heavy atom. The predicted molar refractivity (Wildman–Crippen MR) is 273 cm³/mol. The molecule has 0 fully saturated rings. The molecule has 8 rings (SSSR count). The third-order valence-electron chi connectivity index (χ3n) is 13.5. The Kier molecular flexibility index (Phi) is 15.8. The molecule has 0 radical (unpaired) electrons. The number of allylic oxidation sites excluding steroid dienone is 3. The van der Waals surface area contributed by atoms with Gasteiger partial charge in [-0.3, -0.25) is 9.59 Å². The summed E-state index contributed by atoms with van der Waals surface area (Å²) < 4.78 is 35.4. The van der Waals surface area contributed by atoms with Gasteiger partial charge in [0.05, 0.1) is 50.4 Å². The SMILES string of the molecule is COc1cc2c(cc1OCCCCCOc1cc3c(cc1OC)C(=O)N1C=C(C)CC1C(O)N3C(=O)OCc1ccc(C(C)=N)cc1)N(C(=O)OCc1ccc(C(C)=N)cc1)C(O)C1CC(C)=CC/C1=C/C2=O. The molecule has 4 aromatic rings. The summed E-state index contributed by atoms with van der Waals surface area (Å²) >= 11 is 0. The number of aliphatic hydroxyl groups is 2. The summed E-state index contributed by atoms with van der Waals surface area (Å²) in [6.45, 7) is 7.34. The molecule has 4 aromatic carbocycles. The maximum absolute atomic E-state index is 14.1. The lowest BCUT2D eigenvalue weighted by Crippen LogP contribution is -2.50. The van der Waals surface area contributed by atoms with Crippen LogP contribution in [0.4, 0.5) is 21.0 Å². The van der Waals surface area contributed by atoms with Gasteiger partial charge in [-0.25, -0.2) is 19.4 Å². The van der Waals surface area contributed by atoms with Crippen LogP contribution in [0.3, 0.4) is 0 Å². The first-order chi connectivity index (χ1) is 35.1. The van der Waals surface area contributed by atoms with Gasteiger partial charge in [-0.1, -0.05) is 71.3 Å². The molecule has 0 spiro atoms. The zero-order valence-electron chi connectivity index (χ0n) is 41.9. The summed E-state index contributed by atoms with van der Waals surface area (Å²) in [6.07, 6.45) is 3.58. The van der Waals surface area contributed by atoms with E-state index in [2.05, 4.69) is 0 Å². The summed E-state index contributed by atoms with van der Waals surface area (Å²) in [5.74, 6) is -0.359. The molecule has 1 aliphatic carbocycles. The monoisotopic (exact) mass is 995 g/mol. The van der Waals surface area contributed by atoms with Gasteiger partial charge in [0.15, 0.2) is 35.0 Å². The minimum absolute atomic E-state index is 0.0972. The summed E-state index contributed by atoms with van der Waals surface area (Å²) in [4.78, 5) is 59.8. The molecule has 17 nitrogen and oxygen atoms in total. The molecule has 0 saturated heterocycles. The summed E-state index contributed by atoms with van der Waals surface area (Å²) in [5, 5.41) is 39.6. The number of hydrogen-bond acceptors (Lipinski definition) is 14. The van der Waals surface area contributed by atoms with Crippen LogP contribution in [0.1, 0.15) is 109 Å². The second kappa shape index (κ2) is 22.3. The molecule has 17 heteroatoms. The Morgan fingerprint density at radius 2 is 1.16 bits per heavy atom. The van der Waals surface area contributed by atoms with Crippen molar-refractivity contribution in [2.24, 2.45) is 5.92 Å². The number of nitrogens with zero attached hydrogens (tertiary/aromatic N) is 3. The summed E-state index contributed by atoms with van der Waals surface area (Å²) in [5.41, 5.74) is 6.65. The standard InChI is InChI=1S/C56H61N5O12/c1-32-10-15-40-24-47(62)42-25-48(68-5)50(27-44(42)60(53(64)41(40)22-32)55(66)72-30-36-11-16-38(17-12-36)34(3)57)70-20-8-7-9-21-71-51-28-45-43(26-49(51)69-6)52(63)59-29-33(2)23-46(59)54(65)61(45)56(67)73-31-37-13-18-39(19-14-37)35(4)58/h10-14,16-19,24-29,41,46,53-54,57-58,64-65H,7-9,15,20-23,30-31H2,1-6H3/b40-24-,57-34?,58-35?. The number of ketones is 1. The maximum Gasteiger partial charge on any atom is 0.416 e. The van der Waals surface area contributed by atoms with Crippen molar-refractivity contribution >= 4 is 46.7 Å². The minimum atomic E-state index is -1.46. The number of anilines is 2. The molecule has 0 aromatic heterocycles. The molecule has 4 unspecified atom stereocenters. The highest BCUT2D eigenvalue weighted by Gasteiger charge is 2.45. The van der Waals surface area contributed by atoms with Crippen LogP contribution in [0.5, 0.6) is 23.0 Å². The van der Waals surface area contributed by atoms with Crippen molar-refractivity contribution in [3.8, 4) is 23.0 Å². The number of ether oxygens (including phenoxy) is 6. The fourth-order valence-electron chi connectivity index (χ4n) is 9.46. The van der Waals surface area contributed by atoms with E-state index < -0.39 is 42.5 Å². The predicted octanol–water partition coefficient (Wildman–Crippen LogP) is 9.64. The molecule has 3 heterocycles. The number of nitrogens with one attached hydrogen (secondary N) is 2. The Labute approximate surface area is 424 Å². The van der Waals surface area contributed by atoms with Crippen molar-refractivity contribution in [3.63, 3.8) is 0 Å². The molecule has 3 aliphatic heterocycles. The van der Waals surface area contributed by atoms with E-state index in [4.69, 9.17) is 39.2 Å². The van der Waals surface area contributed by atoms with Crippen molar-refractivity contribution in [2.75, 3.05) is 37.2 Å². The molecule has 4 aliphatic rings. The maximum atomic E-state index is 14.1. The van der Waals surface area contributed by atoms with E-state index in [1.54, 1.807) is 68.6 Å². The highest BCUT2D eigenvalue weighted by molar-refractivity contribution is 6.12. The Morgan fingerprint density at radius 1 is 0.658 bits per heavy atom. The highest BCUT2D eigenvalue weighted by Crippen LogP contribution is 2.44. The van der Waals surface area contributed by atoms with E-state index in [-0.39, 0.29) is 77.7 Å². The smallest absolute Gasteiger partial charge is 0.416 e. The number of benzene rings is 4. The van der Waals surface area contributed by atoms with Gasteiger partial charge in [0.1, 0.15) is 19.4 Å². The zero-order chi connectivity index (χ0) is 52.1. The number of carbonyl (C=O) groups excluding carboxylic acids is 4. The number of fused-ring (bicyclic) bond motifs is 4. The molecule has 0 bridgehead atoms. The van der Waals surface area contributed by atoms with Crippen LogP contribution >= 0.6 is 0 Å². The normalized spacial score (nSPS) is 19.8. The lowest BCUT2D eigenvalue weighted by Gasteiger charge is -2.38. The number of carbonyl (C=O) groups is 4. The van der Waals surface area contributed by atoms with Gasteiger partial charge in [0.25, 0.3) is 5.91 Å².